The fraction of sp³-hybridized carbons (Fsp3) is 0. The van der Waals surface area contributed by atoms with Gasteiger partial charge in [0, 0.05) is 11.5 Å². The van der Waals surface area contributed by atoms with Crippen LogP contribution in [0.3, 0.4) is 0 Å². The summed E-state index contributed by atoms with van der Waals surface area (Å²) in [7, 11) is 0. The molecule has 1 aromatic carbocycles. The largest absolute Gasteiger partial charge is 0.453 e. The Morgan fingerprint density at radius 3 is 3.00 bits per heavy atom. The zero-order chi connectivity index (χ0) is 12.0. The summed E-state index contributed by atoms with van der Waals surface area (Å²) in [5.74, 6) is -0.734. The number of benzene rings is 1. The number of fused-ring (bicyclic) bond motifs is 3. The second-order valence-electron chi connectivity index (χ2n) is 3.61. The monoisotopic (exact) mass is 227 g/mol. The molecule has 5 heteroatoms. The number of rotatable bonds is 0. The van der Waals surface area contributed by atoms with Crippen molar-refractivity contribution in [1.82, 2.24) is 4.98 Å². The lowest BCUT2D eigenvalue weighted by Gasteiger charge is -1.93. The molecule has 0 aliphatic rings. The van der Waals surface area contributed by atoms with Crippen molar-refractivity contribution in [2.24, 2.45) is 0 Å². The van der Waals surface area contributed by atoms with Gasteiger partial charge in [0.05, 0.1) is 11.3 Å². The number of nitrogens with two attached hydrogens (primary N) is 1. The summed E-state index contributed by atoms with van der Waals surface area (Å²) in [5.41, 5.74) is 6.89. The van der Waals surface area contributed by atoms with Crippen LogP contribution in [0.15, 0.2) is 28.7 Å². The Hall–Kier alpha value is -2.61. The topological polar surface area (TPSA) is 75.8 Å². The average molecular weight is 227 g/mol. The lowest BCUT2D eigenvalue weighted by atomic mass is 10.1. The Bertz CT molecular complexity index is 786. The van der Waals surface area contributed by atoms with Gasteiger partial charge in [-0.15, -0.1) is 0 Å². The van der Waals surface area contributed by atoms with Crippen LogP contribution in [0.5, 0.6) is 0 Å². The van der Waals surface area contributed by atoms with Gasteiger partial charge in [-0.05, 0) is 12.1 Å². The number of para-hydroxylation sites is 1. The molecule has 0 saturated heterocycles. The van der Waals surface area contributed by atoms with Crippen molar-refractivity contribution in [3.8, 4) is 6.07 Å². The predicted octanol–water partition coefficient (Wildman–Crippen LogP) is 2.57. The SMILES string of the molecule is N#Cc1cccc2c1oc1cc(N)c(F)nc12. The third-order valence-corrected chi connectivity index (χ3v) is 2.57. The zero-order valence-corrected chi connectivity index (χ0v) is 8.57. The quantitative estimate of drug-likeness (QED) is 0.599. The Balaban J connectivity index is 2.55. The summed E-state index contributed by atoms with van der Waals surface area (Å²) in [5, 5.41) is 9.55. The van der Waals surface area contributed by atoms with E-state index < -0.39 is 5.95 Å². The van der Waals surface area contributed by atoms with E-state index in [9.17, 15) is 4.39 Å². The lowest BCUT2D eigenvalue weighted by Crippen LogP contribution is -1.92. The molecule has 0 radical (unpaired) electrons. The van der Waals surface area contributed by atoms with E-state index in [-0.39, 0.29) is 5.69 Å². The Morgan fingerprint density at radius 2 is 2.24 bits per heavy atom. The number of pyridine rings is 1. The Kier molecular flexibility index (Phi) is 1.80. The first kappa shape index (κ1) is 9.60. The van der Waals surface area contributed by atoms with Crippen LogP contribution < -0.4 is 5.73 Å². The highest BCUT2D eigenvalue weighted by molar-refractivity contribution is 6.04. The minimum atomic E-state index is -0.734. The van der Waals surface area contributed by atoms with E-state index >= 15 is 0 Å². The molecule has 0 saturated carbocycles. The molecule has 0 aliphatic heterocycles. The van der Waals surface area contributed by atoms with Gasteiger partial charge in [0.15, 0.2) is 11.2 Å². The van der Waals surface area contributed by atoms with Crippen molar-refractivity contribution in [2.45, 2.75) is 0 Å². The van der Waals surface area contributed by atoms with E-state index in [2.05, 4.69) is 4.98 Å². The molecule has 0 bridgehead atoms. The number of nitrogen functional groups attached to an aromatic ring is 1. The summed E-state index contributed by atoms with van der Waals surface area (Å²) in [6.07, 6.45) is 0. The second-order valence-corrected chi connectivity index (χ2v) is 3.61. The standard InChI is InChI=1S/C12H6FN3O/c13-12-8(15)4-9-10(16-12)7-3-1-2-6(5-14)11(7)17-9/h1-4H,15H2. The maximum absolute atomic E-state index is 13.3. The first-order valence-electron chi connectivity index (χ1n) is 4.88. The molecule has 0 amide bonds. The van der Waals surface area contributed by atoms with Crippen LogP contribution >= 0.6 is 0 Å². The van der Waals surface area contributed by atoms with Gasteiger partial charge >= 0.3 is 0 Å². The normalized spacial score (nSPS) is 10.8. The number of hydrogen-bond donors (Lipinski definition) is 1. The maximum Gasteiger partial charge on any atom is 0.236 e. The molecule has 0 spiro atoms. The van der Waals surface area contributed by atoms with E-state index in [1.165, 1.54) is 6.07 Å². The number of anilines is 1. The molecule has 4 nitrogen and oxygen atoms in total. The molecule has 0 atom stereocenters. The third kappa shape index (κ3) is 1.24. The fourth-order valence-electron chi connectivity index (χ4n) is 1.79. The minimum Gasteiger partial charge on any atom is -0.453 e. The highest BCUT2D eigenvalue weighted by Gasteiger charge is 2.13. The molecule has 2 heterocycles. The predicted molar refractivity (Wildman–Crippen MR) is 60.6 cm³/mol. The number of furan rings is 1. The molecule has 82 valence electrons. The molecule has 0 unspecified atom stereocenters. The van der Waals surface area contributed by atoms with Gasteiger partial charge in [0.25, 0.3) is 0 Å². The van der Waals surface area contributed by atoms with Gasteiger partial charge in [0.1, 0.15) is 11.6 Å². The van der Waals surface area contributed by atoms with Crippen molar-refractivity contribution >= 4 is 27.8 Å². The lowest BCUT2D eigenvalue weighted by molar-refractivity contribution is 0.591. The first-order valence-corrected chi connectivity index (χ1v) is 4.88. The van der Waals surface area contributed by atoms with Gasteiger partial charge in [-0.2, -0.15) is 9.65 Å². The maximum atomic E-state index is 13.3. The van der Waals surface area contributed by atoms with Crippen molar-refractivity contribution in [3.63, 3.8) is 0 Å². The number of hydrogen-bond acceptors (Lipinski definition) is 4. The van der Waals surface area contributed by atoms with Crippen LogP contribution in [0.1, 0.15) is 5.56 Å². The van der Waals surface area contributed by atoms with Crippen LogP contribution in [-0.4, -0.2) is 4.98 Å². The van der Waals surface area contributed by atoms with E-state index in [1.807, 2.05) is 6.07 Å². The molecule has 2 aromatic heterocycles. The van der Waals surface area contributed by atoms with Crippen molar-refractivity contribution in [2.75, 3.05) is 5.73 Å². The smallest absolute Gasteiger partial charge is 0.236 e. The van der Waals surface area contributed by atoms with Crippen molar-refractivity contribution < 1.29 is 8.81 Å². The van der Waals surface area contributed by atoms with E-state index in [1.54, 1.807) is 18.2 Å². The van der Waals surface area contributed by atoms with Crippen LogP contribution in [0.2, 0.25) is 0 Å². The summed E-state index contributed by atoms with van der Waals surface area (Å²) in [6, 6.07) is 8.44. The van der Waals surface area contributed by atoms with Crippen LogP contribution in [0.4, 0.5) is 10.1 Å². The molecule has 17 heavy (non-hydrogen) atoms. The van der Waals surface area contributed by atoms with Crippen LogP contribution in [0.25, 0.3) is 22.1 Å². The molecular formula is C12H6FN3O. The van der Waals surface area contributed by atoms with E-state index in [4.69, 9.17) is 15.4 Å². The molecule has 3 rings (SSSR count). The van der Waals surface area contributed by atoms with Crippen LogP contribution in [-0.2, 0) is 0 Å². The van der Waals surface area contributed by atoms with Gasteiger partial charge in [-0.1, -0.05) is 6.07 Å². The summed E-state index contributed by atoms with van der Waals surface area (Å²) in [4.78, 5) is 3.74. The summed E-state index contributed by atoms with van der Waals surface area (Å²) < 4.78 is 18.8. The second kappa shape index (κ2) is 3.19. The Morgan fingerprint density at radius 1 is 1.41 bits per heavy atom. The highest BCUT2D eigenvalue weighted by atomic mass is 19.1. The molecular weight excluding hydrogens is 221 g/mol. The summed E-state index contributed by atoms with van der Waals surface area (Å²) in [6.45, 7) is 0. The molecule has 2 N–H and O–H groups in total. The molecule has 0 aliphatic carbocycles. The number of halogens is 1. The minimum absolute atomic E-state index is 0.0740. The van der Waals surface area contributed by atoms with Gasteiger partial charge in [0.2, 0.25) is 5.95 Å². The average Bonchev–Trinajstić information content (AvgIpc) is 2.67. The number of nitrogens with zero attached hydrogens (tertiary/aromatic N) is 2. The van der Waals surface area contributed by atoms with E-state index in [0.717, 1.165) is 0 Å². The third-order valence-electron chi connectivity index (χ3n) is 2.57. The zero-order valence-electron chi connectivity index (χ0n) is 8.57. The molecule has 3 aromatic rings. The molecule has 0 fully saturated rings. The first-order chi connectivity index (χ1) is 8.20. The van der Waals surface area contributed by atoms with Gasteiger partial charge < -0.3 is 10.2 Å². The van der Waals surface area contributed by atoms with E-state index in [0.29, 0.717) is 27.6 Å². The Labute approximate surface area is 95.1 Å². The highest BCUT2D eigenvalue weighted by Crippen LogP contribution is 2.30. The van der Waals surface area contributed by atoms with Crippen LogP contribution in [0, 0.1) is 17.3 Å². The van der Waals surface area contributed by atoms with Crippen molar-refractivity contribution in [3.05, 3.63) is 35.8 Å². The number of nitriles is 1. The number of aromatic nitrogens is 1. The van der Waals surface area contributed by atoms with Crippen molar-refractivity contribution in [1.29, 1.82) is 5.26 Å². The fourth-order valence-corrected chi connectivity index (χ4v) is 1.79. The van der Waals surface area contributed by atoms with Gasteiger partial charge in [-0.3, -0.25) is 0 Å². The summed E-state index contributed by atoms with van der Waals surface area (Å²) >= 11 is 0. The van der Waals surface area contributed by atoms with Gasteiger partial charge in [-0.25, -0.2) is 4.98 Å².